The van der Waals surface area contributed by atoms with Gasteiger partial charge in [0, 0.05) is 12.4 Å². The summed E-state index contributed by atoms with van der Waals surface area (Å²) in [5.41, 5.74) is -1.50. The van der Waals surface area contributed by atoms with Crippen molar-refractivity contribution in [3.63, 3.8) is 0 Å². The maximum atomic E-state index is 12.8. The minimum atomic E-state index is -4.71. The third kappa shape index (κ3) is 4.86. The summed E-state index contributed by atoms with van der Waals surface area (Å²) in [5.74, 6) is -1.44. The first-order valence-corrected chi connectivity index (χ1v) is 7.10. The van der Waals surface area contributed by atoms with Gasteiger partial charge in [0.15, 0.2) is 0 Å². The summed E-state index contributed by atoms with van der Waals surface area (Å²) in [6, 6.07) is 4.46. The lowest BCUT2D eigenvalue weighted by molar-refractivity contribution is -0.147. The number of nitrogens with one attached hydrogen (secondary N) is 1. The third-order valence-electron chi connectivity index (χ3n) is 2.98. The van der Waals surface area contributed by atoms with Gasteiger partial charge in [-0.15, -0.1) is 0 Å². The van der Waals surface area contributed by atoms with Crippen LogP contribution in [0.5, 0.6) is 0 Å². The van der Waals surface area contributed by atoms with Crippen LogP contribution in [-0.2, 0) is 22.3 Å². The SMILES string of the molecule is O=C(Nc1cccc(C(F)(F)F)c1Cl)OC(Cn1cccn1)C(=O)O. The zero-order valence-electron chi connectivity index (χ0n) is 12.3. The van der Waals surface area contributed by atoms with E-state index in [1.165, 1.54) is 17.1 Å². The molecule has 2 aromatic rings. The Morgan fingerprint density at radius 2 is 2.08 bits per heavy atom. The monoisotopic (exact) mass is 377 g/mol. The van der Waals surface area contributed by atoms with E-state index in [1.807, 2.05) is 5.32 Å². The van der Waals surface area contributed by atoms with E-state index in [0.29, 0.717) is 0 Å². The van der Waals surface area contributed by atoms with Gasteiger partial charge in [0.25, 0.3) is 0 Å². The molecule has 1 aromatic heterocycles. The number of alkyl halides is 3. The molecule has 25 heavy (non-hydrogen) atoms. The Kier molecular flexibility index (Phi) is 5.52. The average Bonchev–Trinajstić information content (AvgIpc) is 3.00. The normalized spacial score (nSPS) is 12.5. The fraction of sp³-hybridized carbons (Fsp3) is 0.214. The second-order valence-corrected chi connectivity index (χ2v) is 5.13. The Hall–Kier alpha value is -2.75. The average molecular weight is 378 g/mol. The number of rotatable bonds is 5. The summed E-state index contributed by atoms with van der Waals surface area (Å²) in [4.78, 5) is 22.9. The highest BCUT2D eigenvalue weighted by molar-refractivity contribution is 6.34. The Balaban J connectivity index is 2.10. The minimum absolute atomic E-state index is 0.272. The van der Waals surface area contributed by atoms with Crippen LogP contribution < -0.4 is 5.32 Å². The first-order valence-electron chi connectivity index (χ1n) is 6.72. The van der Waals surface area contributed by atoms with E-state index < -0.39 is 34.9 Å². The molecule has 1 unspecified atom stereocenters. The van der Waals surface area contributed by atoms with Gasteiger partial charge in [0.1, 0.15) is 0 Å². The topological polar surface area (TPSA) is 93.5 Å². The molecule has 1 aromatic carbocycles. The van der Waals surface area contributed by atoms with Crippen molar-refractivity contribution in [2.75, 3.05) is 5.32 Å². The van der Waals surface area contributed by atoms with Gasteiger partial charge in [0.2, 0.25) is 6.10 Å². The summed E-state index contributed by atoms with van der Waals surface area (Å²) in [5, 5.41) is 14.1. The van der Waals surface area contributed by atoms with E-state index in [0.717, 1.165) is 18.2 Å². The van der Waals surface area contributed by atoms with Gasteiger partial charge in [-0.1, -0.05) is 17.7 Å². The van der Waals surface area contributed by atoms with Crippen molar-refractivity contribution in [2.24, 2.45) is 0 Å². The molecule has 7 nitrogen and oxygen atoms in total. The predicted octanol–water partition coefficient (Wildman–Crippen LogP) is 3.26. The van der Waals surface area contributed by atoms with Gasteiger partial charge in [-0.05, 0) is 18.2 Å². The van der Waals surface area contributed by atoms with Crippen LogP contribution in [0.25, 0.3) is 0 Å². The molecule has 11 heteroatoms. The molecule has 1 atom stereocenters. The summed E-state index contributed by atoms with van der Waals surface area (Å²) in [6.07, 6.45) is -4.70. The number of nitrogens with zero attached hydrogens (tertiary/aromatic N) is 2. The Bertz CT molecular complexity index is 765. The second-order valence-electron chi connectivity index (χ2n) is 4.75. The predicted molar refractivity (Wildman–Crippen MR) is 80.2 cm³/mol. The van der Waals surface area contributed by atoms with Crippen molar-refractivity contribution in [3.05, 3.63) is 47.2 Å². The first-order chi connectivity index (χ1) is 11.7. The number of halogens is 4. The zero-order chi connectivity index (χ0) is 18.6. The van der Waals surface area contributed by atoms with Crippen molar-refractivity contribution in [1.29, 1.82) is 0 Å². The molecule has 2 N–H and O–H groups in total. The molecule has 0 aliphatic carbocycles. The number of carbonyl (C=O) groups is 2. The molecule has 1 amide bonds. The number of hydrogen-bond acceptors (Lipinski definition) is 4. The summed E-state index contributed by atoms with van der Waals surface area (Å²) in [7, 11) is 0. The highest BCUT2D eigenvalue weighted by atomic mass is 35.5. The molecule has 1 heterocycles. The van der Waals surface area contributed by atoms with Gasteiger partial charge in [0.05, 0.1) is 22.8 Å². The fourth-order valence-corrected chi connectivity index (χ4v) is 2.14. The molecule has 0 radical (unpaired) electrons. The van der Waals surface area contributed by atoms with E-state index >= 15 is 0 Å². The van der Waals surface area contributed by atoms with E-state index in [9.17, 15) is 22.8 Å². The lowest BCUT2D eigenvalue weighted by Crippen LogP contribution is -2.33. The quantitative estimate of drug-likeness (QED) is 0.834. The Morgan fingerprint density at radius 3 is 2.64 bits per heavy atom. The summed E-state index contributed by atoms with van der Waals surface area (Å²) in [6.45, 7) is -0.272. The number of carboxylic acid groups (broad SMARTS) is 1. The largest absolute Gasteiger partial charge is 0.478 e. The van der Waals surface area contributed by atoms with Crippen LogP contribution in [0, 0.1) is 0 Å². The standard InChI is InChI=1S/C14H11ClF3N3O4/c15-11-8(14(16,17)18)3-1-4-9(11)20-13(24)25-10(12(22)23)7-21-6-2-5-19-21/h1-6,10H,7H2,(H,20,24)(H,22,23). The van der Waals surface area contributed by atoms with Crippen molar-refractivity contribution in [3.8, 4) is 0 Å². The van der Waals surface area contributed by atoms with E-state index in [2.05, 4.69) is 5.10 Å². The van der Waals surface area contributed by atoms with E-state index in [4.69, 9.17) is 21.4 Å². The Morgan fingerprint density at radius 1 is 1.36 bits per heavy atom. The number of amides is 1. The molecular formula is C14H11ClF3N3O4. The van der Waals surface area contributed by atoms with Gasteiger partial charge < -0.3 is 9.84 Å². The second kappa shape index (κ2) is 7.43. The number of carboxylic acids is 1. The van der Waals surface area contributed by atoms with Crippen LogP contribution in [-0.4, -0.2) is 33.1 Å². The first kappa shape index (κ1) is 18.6. The van der Waals surface area contributed by atoms with Crippen LogP contribution in [0.4, 0.5) is 23.7 Å². The van der Waals surface area contributed by atoms with Gasteiger partial charge in [-0.3, -0.25) is 10.00 Å². The molecule has 0 fully saturated rings. The number of hydrogen-bond donors (Lipinski definition) is 2. The van der Waals surface area contributed by atoms with Crippen LogP contribution >= 0.6 is 11.6 Å². The highest BCUT2D eigenvalue weighted by Crippen LogP contribution is 2.38. The number of aromatic nitrogens is 2. The molecule has 0 spiro atoms. The zero-order valence-corrected chi connectivity index (χ0v) is 13.1. The van der Waals surface area contributed by atoms with Crippen molar-refractivity contribution in [2.45, 2.75) is 18.8 Å². The maximum absolute atomic E-state index is 12.8. The van der Waals surface area contributed by atoms with Crippen molar-refractivity contribution in [1.82, 2.24) is 9.78 Å². The van der Waals surface area contributed by atoms with Gasteiger partial charge >= 0.3 is 18.2 Å². The number of benzene rings is 1. The molecule has 0 saturated heterocycles. The maximum Gasteiger partial charge on any atom is 0.417 e. The molecular weight excluding hydrogens is 367 g/mol. The lowest BCUT2D eigenvalue weighted by atomic mass is 10.2. The number of anilines is 1. The molecule has 2 rings (SSSR count). The van der Waals surface area contributed by atoms with Crippen LogP contribution in [0.3, 0.4) is 0 Å². The Labute approximate surface area is 144 Å². The summed E-state index contributed by atoms with van der Waals surface area (Å²) >= 11 is 5.63. The highest BCUT2D eigenvalue weighted by Gasteiger charge is 2.34. The third-order valence-corrected chi connectivity index (χ3v) is 3.38. The fourth-order valence-electron chi connectivity index (χ4n) is 1.86. The number of ether oxygens (including phenoxy) is 1. The van der Waals surface area contributed by atoms with Crippen LogP contribution in [0.15, 0.2) is 36.7 Å². The number of aliphatic carboxylic acids is 1. The van der Waals surface area contributed by atoms with Crippen molar-refractivity contribution >= 4 is 29.4 Å². The molecule has 0 aliphatic rings. The smallest absolute Gasteiger partial charge is 0.417 e. The van der Waals surface area contributed by atoms with Gasteiger partial charge in [-0.25, -0.2) is 9.59 Å². The summed E-state index contributed by atoms with van der Waals surface area (Å²) < 4.78 is 44.3. The molecule has 0 bridgehead atoms. The molecule has 134 valence electrons. The van der Waals surface area contributed by atoms with E-state index in [-0.39, 0.29) is 12.2 Å². The minimum Gasteiger partial charge on any atom is -0.478 e. The van der Waals surface area contributed by atoms with E-state index in [1.54, 1.807) is 6.07 Å². The number of carbonyl (C=O) groups excluding carboxylic acids is 1. The van der Waals surface area contributed by atoms with Gasteiger partial charge in [-0.2, -0.15) is 18.3 Å². The van der Waals surface area contributed by atoms with Crippen molar-refractivity contribution < 1.29 is 32.6 Å². The van der Waals surface area contributed by atoms with Crippen LogP contribution in [0.2, 0.25) is 5.02 Å². The van der Waals surface area contributed by atoms with Crippen LogP contribution in [0.1, 0.15) is 5.56 Å². The lowest BCUT2D eigenvalue weighted by Gasteiger charge is -2.16. The molecule has 0 saturated carbocycles. The molecule has 0 aliphatic heterocycles.